The van der Waals surface area contributed by atoms with E-state index >= 15 is 0 Å². The molecule has 2 heterocycles. The first-order valence-electron chi connectivity index (χ1n) is 7.79. The molecule has 0 spiro atoms. The van der Waals surface area contributed by atoms with E-state index in [2.05, 4.69) is 9.97 Å². The minimum absolute atomic E-state index is 0.0498. The van der Waals surface area contributed by atoms with Gasteiger partial charge in [-0.3, -0.25) is 9.59 Å². The van der Waals surface area contributed by atoms with Crippen LogP contribution in [0.15, 0.2) is 29.1 Å². The fraction of sp³-hybridized carbons (Fsp3) is 0.278. The number of fused-ring (bicyclic) bond motifs is 1. The third-order valence-corrected chi connectivity index (χ3v) is 5.09. The average Bonchev–Trinajstić information content (AvgIpc) is 2.82. The number of carbonyl (C=O) groups is 1. The van der Waals surface area contributed by atoms with Crippen molar-refractivity contribution in [2.45, 2.75) is 33.3 Å². The van der Waals surface area contributed by atoms with Crippen molar-refractivity contribution in [3.05, 3.63) is 62.3 Å². The molecule has 0 aliphatic carbocycles. The summed E-state index contributed by atoms with van der Waals surface area (Å²) in [4.78, 5) is 33.1. The van der Waals surface area contributed by atoms with Crippen molar-refractivity contribution in [2.75, 3.05) is 0 Å². The van der Waals surface area contributed by atoms with Crippen LogP contribution < -0.4 is 5.56 Å². The van der Waals surface area contributed by atoms with Gasteiger partial charge in [0.2, 0.25) is 0 Å². The van der Waals surface area contributed by atoms with Crippen LogP contribution in [0.25, 0.3) is 10.2 Å². The lowest BCUT2D eigenvalue weighted by Crippen LogP contribution is -2.18. The van der Waals surface area contributed by atoms with Crippen molar-refractivity contribution in [2.24, 2.45) is 0 Å². The van der Waals surface area contributed by atoms with Crippen LogP contribution in [0, 0.1) is 19.7 Å². The molecular formula is C18H17FN2O3S. The van der Waals surface area contributed by atoms with Gasteiger partial charge in [-0.05, 0) is 44.0 Å². The lowest BCUT2D eigenvalue weighted by Gasteiger charge is -2.12. The summed E-state index contributed by atoms with van der Waals surface area (Å²) in [5.41, 5.74) is 1.20. The molecule has 1 atom stereocenters. The van der Waals surface area contributed by atoms with Crippen molar-refractivity contribution in [1.82, 2.24) is 9.97 Å². The quantitative estimate of drug-likeness (QED) is 0.722. The number of ether oxygens (including phenoxy) is 1. The summed E-state index contributed by atoms with van der Waals surface area (Å²) in [5, 5.41) is 0.574. The Labute approximate surface area is 147 Å². The first-order chi connectivity index (χ1) is 11.8. The average molecular weight is 360 g/mol. The van der Waals surface area contributed by atoms with E-state index in [4.69, 9.17) is 4.74 Å². The van der Waals surface area contributed by atoms with Crippen LogP contribution in [0.5, 0.6) is 0 Å². The summed E-state index contributed by atoms with van der Waals surface area (Å²) in [6, 6.07) is 5.79. The van der Waals surface area contributed by atoms with Crippen LogP contribution in [0.2, 0.25) is 0 Å². The topological polar surface area (TPSA) is 72.0 Å². The van der Waals surface area contributed by atoms with E-state index in [1.807, 2.05) is 13.8 Å². The SMILES string of the molecule is Cc1sc2nc([C@H](C)OC(=O)Cc3cccc(F)c3)[nH]c(=O)c2c1C. The van der Waals surface area contributed by atoms with Gasteiger partial charge in [0.15, 0.2) is 11.9 Å². The zero-order valence-electron chi connectivity index (χ0n) is 14.1. The molecule has 1 N–H and O–H groups in total. The number of aromatic nitrogens is 2. The van der Waals surface area contributed by atoms with E-state index in [0.29, 0.717) is 21.6 Å². The maximum absolute atomic E-state index is 13.2. The summed E-state index contributed by atoms with van der Waals surface area (Å²) in [7, 11) is 0. The molecule has 3 rings (SSSR count). The lowest BCUT2D eigenvalue weighted by atomic mass is 10.1. The Morgan fingerprint density at radius 3 is 2.88 bits per heavy atom. The first-order valence-corrected chi connectivity index (χ1v) is 8.60. The van der Waals surface area contributed by atoms with Gasteiger partial charge < -0.3 is 9.72 Å². The number of aromatic amines is 1. The molecule has 0 saturated carbocycles. The number of esters is 1. The van der Waals surface area contributed by atoms with Gasteiger partial charge in [-0.2, -0.15) is 0 Å². The predicted molar refractivity (Wildman–Crippen MR) is 94.3 cm³/mol. The van der Waals surface area contributed by atoms with Gasteiger partial charge in [0.25, 0.3) is 5.56 Å². The Balaban J connectivity index is 1.79. The van der Waals surface area contributed by atoms with Crippen LogP contribution in [0.1, 0.15) is 34.9 Å². The van der Waals surface area contributed by atoms with Crippen molar-refractivity contribution >= 4 is 27.5 Å². The van der Waals surface area contributed by atoms with Crippen LogP contribution in [0.4, 0.5) is 4.39 Å². The number of aryl methyl sites for hydroxylation is 2. The van der Waals surface area contributed by atoms with Crippen molar-refractivity contribution < 1.29 is 13.9 Å². The van der Waals surface area contributed by atoms with Crippen LogP contribution >= 0.6 is 11.3 Å². The summed E-state index contributed by atoms with van der Waals surface area (Å²) in [5.74, 6) is -0.621. The predicted octanol–water partition coefficient (Wildman–Crippen LogP) is 3.59. The second-order valence-corrected chi connectivity index (χ2v) is 7.06. The fourth-order valence-corrected chi connectivity index (χ4v) is 3.61. The number of thiophene rings is 1. The molecular weight excluding hydrogens is 343 g/mol. The van der Waals surface area contributed by atoms with Gasteiger partial charge in [0.1, 0.15) is 10.6 Å². The number of nitrogens with zero attached hydrogens (tertiary/aromatic N) is 1. The summed E-state index contributed by atoms with van der Waals surface area (Å²) >= 11 is 1.43. The van der Waals surface area contributed by atoms with Gasteiger partial charge in [-0.1, -0.05) is 12.1 Å². The molecule has 0 aliphatic rings. The number of carbonyl (C=O) groups excluding carboxylic acids is 1. The third kappa shape index (κ3) is 3.61. The van der Waals surface area contributed by atoms with E-state index in [9.17, 15) is 14.0 Å². The number of hydrogen-bond acceptors (Lipinski definition) is 5. The number of rotatable bonds is 4. The molecule has 0 saturated heterocycles. The van der Waals surface area contributed by atoms with Gasteiger partial charge in [0.05, 0.1) is 11.8 Å². The molecule has 2 aromatic heterocycles. The Morgan fingerprint density at radius 1 is 1.40 bits per heavy atom. The smallest absolute Gasteiger partial charge is 0.310 e. The number of benzene rings is 1. The standard InChI is InChI=1S/C18H17FN2O3S/c1-9-11(3)25-18-15(9)17(23)20-16(21-18)10(2)24-14(22)8-12-5-4-6-13(19)7-12/h4-7,10H,8H2,1-3H3,(H,20,21,23)/t10-/m0/s1. The number of H-pyrrole nitrogens is 1. The Bertz CT molecular complexity index is 1010. The monoisotopic (exact) mass is 360 g/mol. The summed E-state index contributed by atoms with van der Waals surface area (Å²) < 4.78 is 18.5. The minimum Gasteiger partial charge on any atom is -0.454 e. The molecule has 7 heteroatoms. The van der Waals surface area contributed by atoms with Crippen molar-refractivity contribution in [1.29, 1.82) is 0 Å². The van der Waals surface area contributed by atoms with E-state index in [-0.39, 0.29) is 12.0 Å². The van der Waals surface area contributed by atoms with Crippen molar-refractivity contribution in [3.8, 4) is 0 Å². The molecule has 0 aliphatic heterocycles. The van der Waals surface area contributed by atoms with Gasteiger partial charge in [0, 0.05) is 4.88 Å². The second-order valence-electron chi connectivity index (χ2n) is 5.85. The second kappa shape index (κ2) is 6.76. The molecule has 0 unspecified atom stereocenters. The molecule has 1 aromatic carbocycles. The zero-order valence-corrected chi connectivity index (χ0v) is 14.9. The Kier molecular flexibility index (Phi) is 4.67. The van der Waals surface area contributed by atoms with E-state index in [0.717, 1.165) is 10.4 Å². The highest BCUT2D eigenvalue weighted by molar-refractivity contribution is 7.18. The molecule has 3 aromatic rings. The van der Waals surface area contributed by atoms with Crippen LogP contribution in [-0.4, -0.2) is 15.9 Å². The lowest BCUT2D eigenvalue weighted by molar-refractivity contribution is -0.148. The highest BCUT2D eigenvalue weighted by Gasteiger charge is 2.18. The Morgan fingerprint density at radius 2 is 2.16 bits per heavy atom. The first kappa shape index (κ1) is 17.3. The maximum atomic E-state index is 13.2. The van der Waals surface area contributed by atoms with Gasteiger partial charge in [-0.25, -0.2) is 9.37 Å². The van der Waals surface area contributed by atoms with E-state index < -0.39 is 17.9 Å². The number of nitrogens with one attached hydrogen (secondary N) is 1. The number of halogens is 1. The van der Waals surface area contributed by atoms with Gasteiger partial charge >= 0.3 is 5.97 Å². The molecule has 5 nitrogen and oxygen atoms in total. The molecule has 0 fully saturated rings. The third-order valence-electron chi connectivity index (χ3n) is 3.99. The van der Waals surface area contributed by atoms with Crippen LogP contribution in [0.3, 0.4) is 0 Å². The van der Waals surface area contributed by atoms with Crippen molar-refractivity contribution in [3.63, 3.8) is 0 Å². The van der Waals surface area contributed by atoms with Gasteiger partial charge in [-0.15, -0.1) is 11.3 Å². The molecule has 0 bridgehead atoms. The molecule has 0 radical (unpaired) electrons. The largest absolute Gasteiger partial charge is 0.454 e. The van der Waals surface area contributed by atoms with E-state index in [1.165, 1.54) is 29.5 Å². The summed E-state index contributed by atoms with van der Waals surface area (Å²) in [6.45, 7) is 5.46. The van der Waals surface area contributed by atoms with E-state index in [1.54, 1.807) is 13.0 Å². The molecule has 25 heavy (non-hydrogen) atoms. The fourth-order valence-electron chi connectivity index (χ4n) is 2.57. The highest BCUT2D eigenvalue weighted by atomic mass is 32.1. The number of hydrogen-bond donors (Lipinski definition) is 1. The molecule has 130 valence electrons. The highest BCUT2D eigenvalue weighted by Crippen LogP contribution is 2.27. The normalized spacial score (nSPS) is 12.3. The summed E-state index contributed by atoms with van der Waals surface area (Å²) in [6.07, 6.45) is -0.757. The zero-order chi connectivity index (χ0) is 18.1. The van der Waals surface area contributed by atoms with Crippen LogP contribution in [-0.2, 0) is 16.0 Å². The Hall–Kier alpha value is -2.54. The maximum Gasteiger partial charge on any atom is 0.310 e. The molecule has 0 amide bonds. The minimum atomic E-state index is -0.708.